The van der Waals surface area contributed by atoms with E-state index < -0.39 is 11.8 Å². The van der Waals surface area contributed by atoms with E-state index in [1.165, 1.54) is 4.90 Å². The molecule has 0 unspecified atom stereocenters. The predicted molar refractivity (Wildman–Crippen MR) is 115 cm³/mol. The Labute approximate surface area is 172 Å². The molecule has 1 N–H and O–H groups in total. The van der Waals surface area contributed by atoms with Gasteiger partial charge in [0.15, 0.2) is 10.9 Å². The van der Waals surface area contributed by atoms with Crippen LogP contribution in [0, 0.1) is 6.92 Å². The lowest BCUT2D eigenvalue weighted by Gasteiger charge is -2.27. The normalized spacial score (nSPS) is 15.8. The van der Waals surface area contributed by atoms with E-state index in [-0.39, 0.29) is 17.2 Å². The summed E-state index contributed by atoms with van der Waals surface area (Å²) in [6.45, 7) is 5.85. The SMILES string of the molecule is C=CCN1C(=O)/C(=C\c2ccc3noc(-c4ccc(C)cc4)c3c2)C(=O)NC1=S. The smallest absolute Gasteiger partial charge is 0.265 e. The van der Waals surface area contributed by atoms with E-state index in [0.29, 0.717) is 16.8 Å². The van der Waals surface area contributed by atoms with Gasteiger partial charge in [-0.15, -0.1) is 6.58 Å². The fourth-order valence-electron chi connectivity index (χ4n) is 3.12. The summed E-state index contributed by atoms with van der Waals surface area (Å²) in [5.74, 6) is -0.346. The Morgan fingerprint density at radius 1 is 1.21 bits per heavy atom. The molecule has 1 aromatic heterocycles. The summed E-state index contributed by atoms with van der Waals surface area (Å²) >= 11 is 5.07. The van der Waals surface area contributed by atoms with E-state index in [1.54, 1.807) is 24.3 Å². The summed E-state index contributed by atoms with van der Waals surface area (Å²) in [6, 6.07) is 13.3. The summed E-state index contributed by atoms with van der Waals surface area (Å²) in [5, 5.41) is 7.52. The molecular weight excluding hydrogens is 386 g/mol. The van der Waals surface area contributed by atoms with Crippen molar-refractivity contribution in [3.8, 4) is 11.3 Å². The van der Waals surface area contributed by atoms with Crippen molar-refractivity contribution in [2.75, 3.05) is 6.54 Å². The number of aryl methyl sites for hydroxylation is 1. The number of fused-ring (bicyclic) bond motifs is 1. The minimum Gasteiger partial charge on any atom is -0.355 e. The molecule has 0 saturated carbocycles. The molecule has 0 bridgehead atoms. The monoisotopic (exact) mass is 403 g/mol. The molecule has 0 radical (unpaired) electrons. The maximum atomic E-state index is 12.7. The van der Waals surface area contributed by atoms with E-state index in [4.69, 9.17) is 16.7 Å². The van der Waals surface area contributed by atoms with Crippen LogP contribution in [-0.2, 0) is 9.59 Å². The van der Waals surface area contributed by atoms with Crippen molar-refractivity contribution in [3.05, 3.63) is 71.8 Å². The number of carbonyl (C=O) groups excluding carboxylic acids is 2. The maximum absolute atomic E-state index is 12.7. The van der Waals surface area contributed by atoms with Crippen molar-refractivity contribution in [1.82, 2.24) is 15.4 Å². The van der Waals surface area contributed by atoms with Crippen molar-refractivity contribution in [2.24, 2.45) is 0 Å². The second-order valence-electron chi connectivity index (χ2n) is 6.68. The fraction of sp³-hybridized carbons (Fsp3) is 0.0909. The molecule has 0 atom stereocenters. The molecule has 1 aliphatic rings. The molecular formula is C22H17N3O3S. The van der Waals surface area contributed by atoms with Gasteiger partial charge in [-0.2, -0.15) is 0 Å². The quantitative estimate of drug-likeness (QED) is 0.312. The zero-order valence-electron chi connectivity index (χ0n) is 15.6. The number of nitrogens with one attached hydrogen (secondary N) is 1. The van der Waals surface area contributed by atoms with Crippen LogP contribution in [0.3, 0.4) is 0 Å². The zero-order chi connectivity index (χ0) is 20.5. The van der Waals surface area contributed by atoms with Gasteiger partial charge in [0, 0.05) is 12.1 Å². The summed E-state index contributed by atoms with van der Waals surface area (Å²) in [6.07, 6.45) is 3.09. The van der Waals surface area contributed by atoms with Gasteiger partial charge in [0.2, 0.25) is 0 Å². The van der Waals surface area contributed by atoms with Crippen LogP contribution in [0.1, 0.15) is 11.1 Å². The highest BCUT2D eigenvalue weighted by molar-refractivity contribution is 7.80. The van der Waals surface area contributed by atoms with Crippen molar-refractivity contribution in [1.29, 1.82) is 0 Å². The average molecular weight is 403 g/mol. The van der Waals surface area contributed by atoms with Gasteiger partial charge in [-0.05, 0) is 42.9 Å². The van der Waals surface area contributed by atoms with Crippen LogP contribution < -0.4 is 5.32 Å². The van der Waals surface area contributed by atoms with Crippen LogP contribution in [0.25, 0.3) is 28.3 Å². The molecule has 7 heteroatoms. The first-order chi connectivity index (χ1) is 14.0. The molecule has 2 amide bonds. The highest BCUT2D eigenvalue weighted by Crippen LogP contribution is 2.30. The molecule has 4 rings (SSSR count). The van der Waals surface area contributed by atoms with Crippen molar-refractivity contribution < 1.29 is 14.1 Å². The first-order valence-electron chi connectivity index (χ1n) is 8.94. The summed E-state index contributed by atoms with van der Waals surface area (Å²) < 4.78 is 5.54. The van der Waals surface area contributed by atoms with Crippen LogP contribution in [0.15, 0.2) is 65.2 Å². The minimum absolute atomic E-state index is 0.00754. The van der Waals surface area contributed by atoms with E-state index in [9.17, 15) is 9.59 Å². The zero-order valence-corrected chi connectivity index (χ0v) is 16.5. The van der Waals surface area contributed by atoms with Gasteiger partial charge in [0.05, 0.1) is 5.39 Å². The number of hydrogen-bond acceptors (Lipinski definition) is 5. The van der Waals surface area contributed by atoms with Crippen molar-refractivity contribution in [2.45, 2.75) is 6.92 Å². The lowest BCUT2D eigenvalue weighted by atomic mass is 10.0. The largest absolute Gasteiger partial charge is 0.355 e. The van der Waals surface area contributed by atoms with Crippen molar-refractivity contribution in [3.63, 3.8) is 0 Å². The van der Waals surface area contributed by atoms with Crippen LogP contribution in [0.5, 0.6) is 0 Å². The van der Waals surface area contributed by atoms with Gasteiger partial charge in [0.25, 0.3) is 11.8 Å². The summed E-state index contributed by atoms with van der Waals surface area (Å²) in [5.41, 5.74) is 3.42. The molecule has 1 saturated heterocycles. The van der Waals surface area contributed by atoms with Gasteiger partial charge >= 0.3 is 0 Å². The van der Waals surface area contributed by atoms with Crippen LogP contribution >= 0.6 is 12.2 Å². The molecule has 2 heterocycles. The number of benzene rings is 2. The molecule has 1 fully saturated rings. The number of amides is 2. The molecule has 1 aliphatic heterocycles. The third-order valence-corrected chi connectivity index (χ3v) is 4.95. The van der Waals surface area contributed by atoms with E-state index >= 15 is 0 Å². The predicted octanol–water partition coefficient (Wildman–Crippen LogP) is 3.62. The van der Waals surface area contributed by atoms with E-state index in [1.807, 2.05) is 37.3 Å². The molecule has 0 spiro atoms. The first-order valence-corrected chi connectivity index (χ1v) is 9.35. The second kappa shape index (κ2) is 7.44. The Bertz CT molecular complexity index is 1190. The van der Waals surface area contributed by atoms with Crippen LogP contribution in [0.4, 0.5) is 0 Å². The van der Waals surface area contributed by atoms with Gasteiger partial charge in [-0.25, -0.2) is 0 Å². The van der Waals surface area contributed by atoms with E-state index in [2.05, 4.69) is 17.1 Å². The third kappa shape index (κ3) is 3.48. The van der Waals surface area contributed by atoms with Gasteiger partial charge in [-0.3, -0.25) is 19.8 Å². The molecule has 2 aromatic carbocycles. The average Bonchev–Trinajstić information content (AvgIpc) is 3.12. The second-order valence-corrected chi connectivity index (χ2v) is 7.06. The summed E-state index contributed by atoms with van der Waals surface area (Å²) in [4.78, 5) is 26.3. The fourth-order valence-corrected chi connectivity index (χ4v) is 3.37. The molecule has 3 aromatic rings. The molecule has 0 aliphatic carbocycles. The van der Waals surface area contributed by atoms with Gasteiger partial charge in [-0.1, -0.05) is 47.1 Å². The Balaban J connectivity index is 1.76. The Morgan fingerprint density at radius 2 is 1.97 bits per heavy atom. The number of thiocarbonyl (C=S) groups is 1. The molecule has 6 nitrogen and oxygen atoms in total. The number of carbonyl (C=O) groups is 2. The van der Waals surface area contributed by atoms with Gasteiger partial charge < -0.3 is 4.52 Å². The Kier molecular flexibility index (Phi) is 4.82. The maximum Gasteiger partial charge on any atom is 0.265 e. The number of nitrogens with zero attached hydrogens (tertiary/aromatic N) is 2. The highest BCUT2D eigenvalue weighted by atomic mass is 32.1. The molecule has 29 heavy (non-hydrogen) atoms. The highest BCUT2D eigenvalue weighted by Gasteiger charge is 2.32. The Morgan fingerprint density at radius 3 is 2.69 bits per heavy atom. The number of hydrogen-bond donors (Lipinski definition) is 1. The van der Waals surface area contributed by atoms with Crippen LogP contribution in [-0.4, -0.2) is 33.5 Å². The molecule has 144 valence electrons. The number of rotatable bonds is 4. The Hall–Kier alpha value is -3.58. The number of aromatic nitrogens is 1. The lowest BCUT2D eigenvalue weighted by molar-refractivity contribution is -0.128. The minimum atomic E-state index is -0.524. The standard InChI is InChI=1S/C22H17N3O3S/c1-3-10-25-21(27)17(20(26)23-22(25)29)12-14-6-9-18-16(11-14)19(28-24-18)15-7-4-13(2)5-8-15/h3-9,11-12H,1,10H2,2H3,(H,23,26,29)/b17-12-. The lowest BCUT2D eigenvalue weighted by Crippen LogP contribution is -2.53. The first kappa shape index (κ1) is 18.8. The third-order valence-electron chi connectivity index (χ3n) is 4.62. The van der Waals surface area contributed by atoms with Gasteiger partial charge in [0.1, 0.15) is 11.1 Å². The topological polar surface area (TPSA) is 75.4 Å². The van der Waals surface area contributed by atoms with E-state index in [0.717, 1.165) is 16.5 Å². The van der Waals surface area contributed by atoms with Crippen molar-refractivity contribution >= 4 is 46.1 Å². The van der Waals surface area contributed by atoms with Crippen LogP contribution in [0.2, 0.25) is 0 Å². The summed E-state index contributed by atoms with van der Waals surface area (Å²) in [7, 11) is 0.